The fourth-order valence-corrected chi connectivity index (χ4v) is 6.58. The molecule has 2 fully saturated rings. The number of hydrogen-bond acceptors (Lipinski definition) is 4. The van der Waals surface area contributed by atoms with Crippen LogP contribution in [-0.2, 0) is 11.2 Å². The van der Waals surface area contributed by atoms with E-state index in [4.69, 9.17) is 11.6 Å². The number of amides is 2. The Morgan fingerprint density at radius 1 is 1.00 bits per heavy atom. The molecule has 7 heteroatoms. The second kappa shape index (κ2) is 15.0. The van der Waals surface area contributed by atoms with E-state index in [1.807, 2.05) is 36.4 Å². The van der Waals surface area contributed by atoms with Gasteiger partial charge in [0.25, 0.3) is 5.91 Å². The second-order valence-electron chi connectivity index (χ2n) is 12.1. The van der Waals surface area contributed by atoms with Crippen LogP contribution in [0.3, 0.4) is 0 Å². The normalized spacial score (nSPS) is 20.8. The van der Waals surface area contributed by atoms with Gasteiger partial charge in [0.05, 0.1) is 6.04 Å². The Bertz CT molecular complexity index is 1330. The molecular weight excluding hydrogens is 544 g/mol. The molecule has 2 saturated heterocycles. The SMILES string of the molecule is CCC(Cc1ccccc1)CN1CCC(CNC(=O)c2ccc3cc(Cl)ccc3c2)NC(CCN2CCCCC2)C1=O. The van der Waals surface area contributed by atoms with E-state index >= 15 is 0 Å². The molecule has 3 aromatic carbocycles. The molecule has 0 aromatic heterocycles. The van der Waals surface area contributed by atoms with Crippen molar-refractivity contribution in [2.75, 3.05) is 39.3 Å². The van der Waals surface area contributed by atoms with Crippen LogP contribution >= 0.6 is 11.6 Å². The fraction of sp³-hybridized carbons (Fsp3) is 0.486. The summed E-state index contributed by atoms with van der Waals surface area (Å²) < 4.78 is 0. The van der Waals surface area contributed by atoms with E-state index in [-0.39, 0.29) is 23.9 Å². The van der Waals surface area contributed by atoms with E-state index in [9.17, 15) is 9.59 Å². The molecule has 0 spiro atoms. The highest BCUT2D eigenvalue weighted by atomic mass is 35.5. The lowest BCUT2D eigenvalue weighted by molar-refractivity contribution is -0.133. The van der Waals surface area contributed by atoms with Gasteiger partial charge in [-0.2, -0.15) is 0 Å². The zero-order valence-electron chi connectivity index (χ0n) is 24.9. The Balaban J connectivity index is 1.24. The summed E-state index contributed by atoms with van der Waals surface area (Å²) in [6.07, 6.45) is 7.40. The number of halogens is 1. The Kier molecular flexibility index (Phi) is 10.9. The van der Waals surface area contributed by atoms with E-state index in [1.165, 1.54) is 24.8 Å². The molecule has 2 aliphatic rings. The summed E-state index contributed by atoms with van der Waals surface area (Å²) in [4.78, 5) is 31.7. The number of likely N-dealkylation sites (tertiary alicyclic amines) is 1. The van der Waals surface area contributed by atoms with Gasteiger partial charge in [-0.15, -0.1) is 0 Å². The summed E-state index contributed by atoms with van der Waals surface area (Å²) >= 11 is 6.12. The number of hydrogen-bond donors (Lipinski definition) is 2. The average molecular weight is 589 g/mol. The highest BCUT2D eigenvalue weighted by molar-refractivity contribution is 6.31. The molecule has 0 saturated carbocycles. The lowest BCUT2D eigenvalue weighted by Crippen LogP contribution is -2.50. The van der Waals surface area contributed by atoms with Crippen molar-refractivity contribution in [1.29, 1.82) is 0 Å². The first-order valence-electron chi connectivity index (χ1n) is 15.8. The summed E-state index contributed by atoms with van der Waals surface area (Å²) in [6.45, 7) is 7.36. The largest absolute Gasteiger partial charge is 0.350 e. The number of nitrogens with one attached hydrogen (secondary N) is 2. The molecule has 2 aliphatic heterocycles. The lowest BCUT2D eigenvalue weighted by atomic mass is 9.96. The van der Waals surface area contributed by atoms with Gasteiger partial charge in [-0.1, -0.05) is 73.8 Å². The van der Waals surface area contributed by atoms with Crippen molar-refractivity contribution in [2.24, 2.45) is 5.92 Å². The monoisotopic (exact) mass is 588 g/mol. The predicted octanol–water partition coefficient (Wildman–Crippen LogP) is 5.93. The van der Waals surface area contributed by atoms with Crippen LogP contribution in [0.2, 0.25) is 5.02 Å². The number of fused-ring (bicyclic) bond motifs is 1. The first kappa shape index (κ1) is 30.5. The minimum atomic E-state index is -0.240. The molecule has 0 radical (unpaired) electrons. The Hall–Kier alpha value is -2.93. The van der Waals surface area contributed by atoms with E-state index in [2.05, 4.69) is 57.7 Å². The highest BCUT2D eigenvalue weighted by Gasteiger charge is 2.32. The quantitative estimate of drug-likeness (QED) is 0.292. The number of rotatable bonds is 11. The van der Waals surface area contributed by atoms with Crippen molar-refractivity contribution < 1.29 is 9.59 Å². The maximum absolute atomic E-state index is 13.9. The highest BCUT2D eigenvalue weighted by Crippen LogP contribution is 2.21. The van der Waals surface area contributed by atoms with Crippen LogP contribution in [0.5, 0.6) is 0 Å². The Morgan fingerprint density at radius 2 is 1.76 bits per heavy atom. The maximum atomic E-state index is 13.9. The van der Waals surface area contributed by atoms with Crippen LogP contribution in [0.1, 0.15) is 61.4 Å². The molecule has 5 rings (SSSR count). The van der Waals surface area contributed by atoms with Gasteiger partial charge in [0.2, 0.25) is 5.91 Å². The molecule has 224 valence electrons. The first-order chi connectivity index (χ1) is 20.5. The smallest absolute Gasteiger partial charge is 0.251 e. The van der Waals surface area contributed by atoms with Crippen molar-refractivity contribution in [1.82, 2.24) is 20.4 Å². The Labute approximate surface area is 255 Å². The molecule has 0 aliphatic carbocycles. The Morgan fingerprint density at radius 3 is 2.55 bits per heavy atom. The summed E-state index contributed by atoms with van der Waals surface area (Å²) in [5.74, 6) is 0.526. The van der Waals surface area contributed by atoms with E-state index < -0.39 is 0 Å². The minimum absolute atomic E-state index is 0.0303. The number of carbonyl (C=O) groups is 2. The van der Waals surface area contributed by atoms with Gasteiger partial charge in [0.15, 0.2) is 0 Å². The summed E-state index contributed by atoms with van der Waals surface area (Å²) in [5, 5.41) is 9.50. The van der Waals surface area contributed by atoms with E-state index in [0.29, 0.717) is 29.6 Å². The first-order valence-corrected chi connectivity index (χ1v) is 16.1. The molecule has 2 N–H and O–H groups in total. The molecule has 0 bridgehead atoms. The van der Waals surface area contributed by atoms with Crippen molar-refractivity contribution in [2.45, 2.75) is 64.0 Å². The number of carbonyl (C=O) groups excluding carboxylic acids is 2. The minimum Gasteiger partial charge on any atom is -0.350 e. The van der Waals surface area contributed by atoms with Gasteiger partial charge in [0.1, 0.15) is 0 Å². The molecule has 3 unspecified atom stereocenters. The molecule has 2 heterocycles. The number of nitrogens with zero attached hydrogens (tertiary/aromatic N) is 2. The molecule has 3 atom stereocenters. The van der Waals surface area contributed by atoms with Crippen molar-refractivity contribution in [3.63, 3.8) is 0 Å². The summed E-state index contributed by atoms with van der Waals surface area (Å²) in [6, 6.07) is 21.8. The summed E-state index contributed by atoms with van der Waals surface area (Å²) in [7, 11) is 0. The molecule has 42 heavy (non-hydrogen) atoms. The van der Waals surface area contributed by atoms with E-state index in [0.717, 1.165) is 62.6 Å². The molecular formula is C35H45ClN4O2. The van der Waals surface area contributed by atoms with Crippen molar-refractivity contribution >= 4 is 34.2 Å². The molecule has 2 amide bonds. The predicted molar refractivity (Wildman–Crippen MR) is 172 cm³/mol. The third-order valence-electron chi connectivity index (χ3n) is 8.97. The van der Waals surface area contributed by atoms with Gasteiger partial charge in [-0.3, -0.25) is 9.59 Å². The average Bonchev–Trinajstić information content (AvgIpc) is 3.17. The lowest BCUT2D eigenvalue weighted by Gasteiger charge is -2.31. The number of piperidine rings is 1. The molecule has 6 nitrogen and oxygen atoms in total. The molecule has 3 aromatic rings. The third-order valence-corrected chi connectivity index (χ3v) is 9.21. The third kappa shape index (κ3) is 8.33. The topological polar surface area (TPSA) is 64.7 Å². The van der Waals surface area contributed by atoms with Crippen LogP contribution in [-0.4, -0.2) is 73.0 Å². The summed E-state index contributed by atoms with van der Waals surface area (Å²) in [5.41, 5.74) is 1.95. The van der Waals surface area contributed by atoms with E-state index in [1.54, 1.807) is 0 Å². The van der Waals surface area contributed by atoms with Crippen LogP contribution in [0.25, 0.3) is 10.8 Å². The number of benzene rings is 3. The van der Waals surface area contributed by atoms with Gasteiger partial charge in [-0.05, 0) is 91.7 Å². The van der Waals surface area contributed by atoms with Gasteiger partial charge >= 0.3 is 0 Å². The zero-order chi connectivity index (χ0) is 29.3. The van der Waals surface area contributed by atoms with Crippen LogP contribution < -0.4 is 10.6 Å². The second-order valence-corrected chi connectivity index (χ2v) is 12.5. The van der Waals surface area contributed by atoms with Crippen molar-refractivity contribution in [3.8, 4) is 0 Å². The van der Waals surface area contributed by atoms with Crippen LogP contribution in [0, 0.1) is 5.92 Å². The fourth-order valence-electron chi connectivity index (χ4n) is 6.40. The maximum Gasteiger partial charge on any atom is 0.251 e. The standard InChI is InChI=1S/C35H45ClN4O2/c1-2-26(21-27-9-5-3-6-10-27)25-40-20-15-32(38-33(35(40)42)16-19-39-17-7-4-8-18-39)24-37-34(41)30-12-11-29-23-31(36)14-13-28(29)22-30/h3,5-6,9-14,22-23,26,32-33,38H,2,4,7-8,15-21,24-25H2,1H3,(H,37,41). The van der Waals surface area contributed by atoms with Gasteiger partial charge in [0, 0.05) is 42.8 Å². The van der Waals surface area contributed by atoms with Crippen molar-refractivity contribution in [3.05, 3.63) is 82.9 Å². The van der Waals surface area contributed by atoms with Crippen LogP contribution in [0.15, 0.2) is 66.7 Å². The van der Waals surface area contributed by atoms with Gasteiger partial charge in [-0.25, -0.2) is 0 Å². The van der Waals surface area contributed by atoms with Gasteiger partial charge < -0.3 is 20.4 Å². The zero-order valence-corrected chi connectivity index (χ0v) is 25.6. The van der Waals surface area contributed by atoms with Crippen LogP contribution in [0.4, 0.5) is 0 Å².